The largest absolute Gasteiger partial charge is 0.460 e. The molecular weight excluding hydrogens is 334 g/mol. The molecule has 2 unspecified atom stereocenters. The molecule has 1 heterocycles. The third-order valence-electron chi connectivity index (χ3n) is 4.20. The second kappa shape index (κ2) is 7.69. The fourth-order valence-electron chi connectivity index (χ4n) is 2.86. The van der Waals surface area contributed by atoms with E-state index in [1.807, 2.05) is 30.3 Å². The summed E-state index contributed by atoms with van der Waals surface area (Å²) in [5.74, 6) is -1.56. The van der Waals surface area contributed by atoms with Crippen molar-refractivity contribution >= 4 is 23.6 Å². The van der Waals surface area contributed by atoms with Crippen molar-refractivity contribution in [2.75, 3.05) is 0 Å². The molecule has 3 rings (SSSR count). The SMILES string of the molecule is CC1=NN=CC(c2cccc([N+](=O)[O-])c2)C1C(=O)OCc1ccccc1. The number of esters is 1. The van der Waals surface area contributed by atoms with Crippen LogP contribution in [0.3, 0.4) is 0 Å². The van der Waals surface area contributed by atoms with E-state index in [4.69, 9.17) is 4.74 Å². The molecule has 0 bridgehead atoms. The van der Waals surface area contributed by atoms with Gasteiger partial charge in [0.2, 0.25) is 0 Å². The normalized spacial score (nSPS) is 18.9. The summed E-state index contributed by atoms with van der Waals surface area (Å²) < 4.78 is 5.45. The van der Waals surface area contributed by atoms with Gasteiger partial charge in [0.1, 0.15) is 12.5 Å². The molecule has 2 atom stereocenters. The first-order valence-corrected chi connectivity index (χ1v) is 8.09. The highest BCUT2D eigenvalue weighted by atomic mass is 16.6. The van der Waals surface area contributed by atoms with Crippen LogP contribution in [-0.2, 0) is 16.1 Å². The summed E-state index contributed by atoms with van der Waals surface area (Å²) in [5, 5.41) is 18.9. The fraction of sp³-hybridized carbons (Fsp3) is 0.211. The van der Waals surface area contributed by atoms with E-state index >= 15 is 0 Å². The van der Waals surface area contributed by atoms with Gasteiger partial charge in [0.25, 0.3) is 5.69 Å². The van der Waals surface area contributed by atoms with Gasteiger partial charge in [0, 0.05) is 24.3 Å². The van der Waals surface area contributed by atoms with E-state index in [1.54, 1.807) is 19.1 Å². The van der Waals surface area contributed by atoms with Crippen molar-refractivity contribution in [2.45, 2.75) is 19.4 Å². The van der Waals surface area contributed by atoms with Gasteiger partial charge in [-0.1, -0.05) is 42.5 Å². The molecule has 0 fully saturated rings. The van der Waals surface area contributed by atoms with Gasteiger partial charge in [-0.25, -0.2) is 0 Å². The van der Waals surface area contributed by atoms with E-state index in [-0.39, 0.29) is 12.3 Å². The van der Waals surface area contributed by atoms with E-state index in [9.17, 15) is 14.9 Å². The Kier molecular flexibility index (Phi) is 5.17. The lowest BCUT2D eigenvalue weighted by Gasteiger charge is -2.24. The number of benzene rings is 2. The minimum atomic E-state index is -0.668. The Balaban J connectivity index is 1.82. The second-order valence-corrected chi connectivity index (χ2v) is 5.95. The predicted octanol–water partition coefficient (Wildman–Crippen LogP) is 3.50. The molecule has 0 radical (unpaired) electrons. The summed E-state index contributed by atoms with van der Waals surface area (Å²) >= 11 is 0. The molecule has 0 aliphatic carbocycles. The van der Waals surface area contributed by atoms with Crippen LogP contribution in [0.15, 0.2) is 64.8 Å². The molecule has 1 aliphatic heterocycles. The van der Waals surface area contributed by atoms with Crippen molar-refractivity contribution in [3.63, 3.8) is 0 Å². The van der Waals surface area contributed by atoms with Crippen molar-refractivity contribution in [1.29, 1.82) is 0 Å². The first kappa shape index (κ1) is 17.5. The summed E-state index contributed by atoms with van der Waals surface area (Å²) in [6.45, 7) is 1.86. The molecule has 0 saturated carbocycles. The third-order valence-corrected chi connectivity index (χ3v) is 4.20. The Labute approximate surface area is 150 Å². The van der Waals surface area contributed by atoms with Crippen molar-refractivity contribution in [2.24, 2.45) is 16.1 Å². The average Bonchev–Trinajstić information content (AvgIpc) is 2.67. The molecule has 7 heteroatoms. The monoisotopic (exact) mass is 351 g/mol. The predicted molar refractivity (Wildman–Crippen MR) is 97.2 cm³/mol. The van der Waals surface area contributed by atoms with Crippen LogP contribution in [0.25, 0.3) is 0 Å². The Bertz CT molecular complexity index is 877. The zero-order chi connectivity index (χ0) is 18.5. The van der Waals surface area contributed by atoms with E-state index in [1.165, 1.54) is 18.3 Å². The van der Waals surface area contributed by atoms with E-state index in [0.29, 0.717) is 11.3 Å². The van der Waals surface area contributed by atoms with Crippen LogP contribution in [0.2, 0.25) is 0 Å². The fourth-order valence-corrected chi connectivity index (χ4v) is 2.86. The van der Waals surface area contributed by atoms with Crippen LogP contribution < -0.4 is 0 Å². The van der Waals surface area contributed by atoms with Crippen molar-refractivity contribution in [1.82, 2.24) is 0 Å². The number of hydrogen-bond donors (Lipinski definition) is 0. The maximum Gasteiger partial charge on any atom is 0.316 e. The van der Waals surface area contributed by atoms with Gasteiger partial charge in [0.15, 0.2) is 0 Å². The minimum Gasteiger partial charge on any atom is -0.460 e. The summed E-state index contributed by atoms with van der Waals surface area (Å²) in [7, 11) is 0. The number of non-ortho nitro benzene ring substituents is 1. The van der Waals surface area contributed by atoms with Crippen LogP contribution in [0.5, 0.6) is 0 Å². The highest BCUT2D eigenvalue weighted by Crippen LogP contribution is 2.30. The number of rotatable bonds is 5. The van der Waals surface area contributed by atoms with Gasteiger partial charge in [-0.05, 0) is 18.1 Å². The van der Waals surface area contributed by atoms with Gasteiger partial charge in [-0.15, -0.1) is 0 Å². The maximum atomic E-state index is 12.7. The van der Waals surface area contributed by atoms with E-state index in [2.05, 4.69) is 10.2 Å². The van der Waals surface area contributed by atoms with Crippen LogP contribution in [0, 0.1) is 16.0 Å². The average molecular weight is 351 g/mol. The van der Waals surface area contributed by atoms with E-state index < -0.39 is 22.7 Å². The molecule has 0 aromatic heterocycles. The summed E-state index contributed by atoms with van der Waals surface area (Å²) in [6, 6.07) is 15.6. The number of nitro groups is 1. The summed E-state index contributed by atoms with van der Waals surface area (Å²) in [6.07, 6.45) is 1.53. The topological polar surface area (TPSA) is 94.2 Å². The molecule has 132 valence electrons. The Morgan fingerprint density at radius 2 is 1.96 bits per heavy atom. The molecule has 2 aromatic rings. The van der Waals surface area contributed by atoms with Crippen LogP contribution >= 0.6 is 0 Å². The lowest BCUT2D eigenvalue weighted by Crippen LogP contribution is -2.33. The highest BCUT2D eigenvalue weighted by molar-refractivity contribution is 6.06. The lowest BCUT2D eigenvalue weighted by molar-refractivity contribution is -0.384. The molecule has 1 aliphatic rings. The number of carbonyl (C=O) groups excluding carboxylic acids is 1. The zero-order valence-electron chi connectivity index (χ0n) is 14.1. The molecule has 2 aromatic carbocycles. The number of nitro benzene ring substituents is 1. The number of carbonyl (C=O) groups is 1. The quantitative estimate of drug-likeness (QED) is 0.468. The van der Waals surface area contributed by atoms with Crippen molar-refractivity contribution in [3.8, 4) is 0 Å². The number of ether oxygens (including phenoxy) is 1. The molecule has 26 heavy (non-hydrogen) atoms. The number of nitrogens with zero attached hydrogens (tertiary/aromatic N) is 3. The van der Waals surface area contributed by atoms with Crippen molar-refractivity contribution in [3.05, 3.63) is 75.8 Å². The molecule has 0 spiro atoms. The summed E-state index contributed by atoms with van der Waals surface area (Å²) in [5.41, 5.74) is 1.99. The lowest BCUT2D eigenvalue weighted by atomic mass is 9.83. The molecule has 0 N–H and O–H groups in total. The first-order chi connectivity index (χ1) is 12.6. The van der Waals surface area contributed by atoms with Crippen molar-refractivity contribution < 1.29 is 14.5 Å². The molecular formula is C19H17N3O4. The maximum absolute atomic E-state index is 12.7. The zero-order valence-corrected chi connectivity index (χ0v) is 14.1. The van der Waals surface area contributed by atoms with Crippen LogP contribution in [0.4, 0.5) is 5.69 Å². The first-order valence-electron chi connectivity index (χ1n) is 8.09. The highest BCUT2D eigenvalue weighted by Gasteiger charge is 2.35. The van der Waals surface area contributed by atoms with Gasteiger partial charge in [-0.3, -0.25) is 14.9 Å². The second-order valence-electron chi connectivity index (χ2n) is 5.95. The molecule has 7 nitrogen and oxygen atoms in total. The van der Waals surface area contributed by atoms with Crippen LogP contribution in [-0.4, -0.2) is 22.8 Å². The Hall–Kier alpha value is -3.35. The molecule has 0 amide bonds. The smallest absolute Gasteiger partial charge is 0.316 e. The van der Waals surface area contributed by atoms with Crippen LogP contribution in [0.1, 0.15) is 24.0 Å². The van der Waals surface area contributed by atoms with E-state index in [0.717, 1.165) is 5.56 Å². The number of hydrogen-bond acceptors (Lipinski definition) is 6. The van der Waals surface area contributed by atoms with Gasteiger partial charge >= 0.3 is 5.97 Å². The van der Waals surface area contributed by atoms with Gasteiger partial charge in [-0.2, -0.15) is 10.2 Å². The molecule has 0 saturated heterocycles. The third kappa shape index (κ3) is 3.83. The Morgan fingerprint density at radius 1 is 1.19 bits per heavy atom. The summed E-state index contributed by atoms with van der Waals surface area (Å²) in [4.78, 5) is 23.3. The standard InChI is InChI=1S/C19H17N3O4/c1-13-18(19(23)26-12-14-6-3-2-4-7-14)17(11-20-21-13)15-8-5-9-16(10-15)22(24)25/h2-11,17-18H,12H2,1H3. The Morgan fingerprint density at radius 3 is 2.69 bits per heavy atom. The van der Waals surface area contributed by atoms with Gasteiger partial charge < -0.3 is 4.74 Å². The van der Waals surface area contributed by atoms with Gasteiger partial charge in [0.05, 0.1) is 10.6 Å². The minimum absolute atomic E-state index is 0.0348.